The fraction of sp³-hybridized carbons (Fsp3) is 0.450. The molecule has 1 spiro atoms. The average Bonchev–Trinajstić information content (AvgIpc) is 3.17. The molecule has 1 aliphatic heterocycles. The van der Waals surface area contributed by atoms with E-state index in [1.54, 1.807) is 0 Å². The summed E-state index contributed by atoms with van der Waals surface area (Å²) in [5.41, 5.74) is 5.53. The normalized spacial score (nSPS) is 18.4. The van der Waals surface area contributed by atoms with Crippen LogP contribution >= 0.6 is 23.5 Å². The summed E-state index contributed by atoms with van der Waals surface area (Å²) < 4.78 is 6.18. The molecule has 1 N–H and O–H groups in total. The molecule has 0 radical (unpaired) electrons. The van der Waals surface area contributed by atoms with Gasteiger partial charge in [-0.15, -0.1) is 23.5 Å². The number of anilines is 1. The zero-order valence-electron chi connectivity index (χ0n) is 14.9. The minimum Gasteiger partial charge on any atom is -0.455 e. The fourth-order valence-corrected chi connectivity index (χ4v) is 7.38. The maximum atomic E-state index is 12.8. The fourth-order valence-electron chi connectivity index (χ4n) is 3.82. The summed E-state index contributed by atoms with van der Waals surface area (Å²) in [5, 5.41) is 3.01. The molecule has 25 heavy (non-hydrogen) atoms. The predicted molar refractivity (Wildman–Crippen MR) is 107 cm³/mol. The number of nitrogens with one attached hydrogen (secondary N) is 1. The molecular weight excluding hydrogens is 350 g/mol. The second-order valence-corrected chi connectivity index (χ2v) is 9.96. The highest BCUT2D eigenvalue weighted by atomic mass is 32.2. The zero-order valence-corrected chi connectivity index (χ0v) is 16.5. The van der Waals surface area contributed by atoms with Crippen LogP contribution < -0.4 is 5.32 Å². The highest BCUT2D eigenvalue weighted by Gasteiger charge is 2.45. The van der Waals surface area contributed by atoms with E-state index in [-0.39, 0.29) is 9.99 Å². The number of furan rings is 1. The number of carbonyl (C=O) groups is 1. The van der Waals surface area contributed by atoms with Crippen molar-refractivity contribution < 1.29 is 9.21 Å². The number of thioether (sulfide) groups is 2. The lowest BCUT2D eigenvalue weighted by Gasteiger charge is -2.31. The third-order valence-electron chi connectivity index (χ3n) is 5.24. The number of aryl methyl sites for hydroxylation is 3. The molecule has 1 fully saturated rings. The molecule has 1 aromatic carbocycles. The predicted octanol–water partition coefficient (Wildman–Crippen LogP) is 5.43. The van der Waals surface area contributed by atoms with Crippen molar-refractivity contribution in [1.82, 2.24) is 0 Å². The van der Waals surface area contributed by atoms with Gasteiger partial charge >= 0.3 is 0 Å². The van der Waals surface area contributed by atoms with Crippen LogP contribution in [0.2, 0.25) is 0 Å². The van der Waals surface area contributed by atoms with Crippen LogP contribution in [0.25, 0.3) is 0 Å². The quantitative estimate of drug-likeness (QED) is 0.762. The number of hydrogen-bond acceptors (Lipinski definition) is 4. The minimum atomic E-state index is -0.140. The first-order valence-corrected chi connectivity index (χ1v) is 10.8. The van der Waals surface area contributed by atoms with Crippen LogP contribution in [-0.2, 0) is 10.5 Å². The van der Waals surface area contributed by atoms with E-state index in [0.29, 0.717) is 5.76 Å². The minimum absolute atomic E-state index is 0.111. The van der Waals surface area contributed by atoms with Crippen molar-refractivity contribution in [2.75, 3.05) is 16.8 Å². The van der Waals surface area contributed by atoms with Gasteiger partial charge in [0.15, 0.2) is 5.76 Å². The van der Waals surface area contributed by atoms with E-state index in [9.17, 15) is 4.79 Å². The van der Waals surface area contributed by atoms with Crippen LogP contribution in [0.3, 0.4) is 0 Å². The van der Waals surface area contributed by atoms with Gasteiger partial charge in [0.05, 0.1) is 4.08 Å². The van der Waals surface area contributed by atoms with Crippen LogP contribution in [0.4, 0.5) is 5.69 Å². The summed E-state index contributed by atoms with van der Waals surface area (Å²) in [6.45, 7) is 6.17. The van der Waals surface area contributed by atoms with Gasteiger partial charge in [-0.25, -0.2) is 0 Å². The molecule has 2 heterocycles. The molecule has 4 rings (SSSR count). The summed E-state index contributed by atoms with van der Waals surface area (Å²) in [6.07, 6.45) is 3.25. The highest BCUT2D eigenvalue weighted by molar-refractivity contribution is 8.20. The lowest BCUT2D eigenvalue weighted by Crippen LogP contribution is -2.21. The van der Waals surface area contributed by atoms with E-state index in [1.807, 2.05) is 48.6 Å². The van der Waals surface area contributed by atoms with Crippen LogP contribution in [0.1, 0.15) is 51.4 Å². The number of hydrogen-bond donors (Lipinski definition) is 1. The molecule has 132 valence electrons. The van der Waals surface area contributed by atoms with Crippen molar-refractivity contribution in [2.45, 2.75) is 44.1 Å². The van der Waals surface area contributed by atoms with Gasteiger partial charge in [0.1, 0.15) is 5.76 Å². The van der Waals surface area contributed by atoms with Gasteiger partial charge in [0, 0.05) is 34.7 Å². The first-order valence-electron chi connectivity index (χ1n) is 8.79. The summed E-state index contributed by atoms with van der Waals surface area (Å²) in [6, 6.07) is 5.99. The summed E-state index contributed by atoms with van der Waals surface area (Å²) in [4.78, 5) is 12.8. The van der Waals surface area contributed by atoms with E-state index >= 15 is 0 Å². The molecule has 1 aromatic heterocycles. The van der Waals surface area contributed by atoms with E-state index in [2.05, 4.69) is 19.2 Å². The molecule has 1 saturated heterocycles. The maximum absolute atomic E-state index is 12.8. The van der Waals surface area contributed by atoms with E-state index in [4.69, 9.17) is 4.42 Å². The summed E-state index contributed by atoms with van der Waals surface area (Å²) in [5.74, 6) is 3.73. The number of amides is 1. The molecule has 2 aliphatic rings. The van der Waals surface area contributed by atoms with Crippen LogP contribution in [0, 0.1) is 20.8 Å². The Bertz CT molecular complexity index is 834. The first-order chi connectivity index (χ1) is 12.0. The van der Waals surface area contributed by atoms with Crippen molar-refractivity contribution >= 4 is 35.1 Å². The Morgan fingerprint density at radius 1 is 1.16 bits per heavy atom. The van der Waals surface area contributed by atoms with Crippen LogP contribution in [0.15, 0.2) is 22.6 Å². The standard InChI is InChI=1S/C20H23NO2S2/c1-12-6-7-15(11-13(12)2)21-19(22)18-14(3)17-16(23-18)5-4-8-20(17)24-9-10-25-20/h6-7,11H,4-5,8-10H2,1-3H3,(H,21,22). The molecule has 0 unspecified atom stereocenters. The van der Waals surface area contributed by atoms with Crippen LogP contribution in [-0.4, -0.2) is 17.4 Å². The largest absolute Gasteiger partial charge is 0.455 e. The lowest BCUT2D eigenvalue weighted by molar-refractivity contribution is 0.0994. The van der Waals surface area contributed by atoms with Gasteiger partial charge < -0.3 is 9.73 Å². The van der Waals surface area contributed by atoms with E-state index < -0.39 is 0 Å². The molecule has 0 atom stereocenters. The molecule has 3 nitrogen and oxygen atoms in total. The van der Waals surface area contributed by atoms with Crippen molar-refractivity contribution in [3.63, 3.8) is 0 Å². The molecular formula is C20H23NO2S2. The van der Waals surface area contributed by atoms with Crippen molar-refractivity contribution in [2.24, 2.45) is 0 Å². The molecule has 1 amide bonds. The van der Waals surface area contributed by atoms with Gasteiger partial charge in [-0.1, -0.05) is 6.07 Å². The number of carbonyl (C=O) groups excluding carboxylic acids is 1. The highest BCUT2D eigenvalue weighted by Crippen LogP contribution is 2.59. The Morgan fingerprint density at radius 3 is 2.64 bits per heavy atom. The Morgan fingerprint density at radius 2 is 1.92 bits per heavy atom. The van der Waals surface area contributed by atoms with E-state index in [1.165, 1.54) is 34.6 Å². The van der Waals surface area contributed by atoms with Gasteiger partial charge in [-0.2, -0.15) is 0 Å². The third kappa shape index (κ3) is 2.91. The Hall–Kier alpha value is -1.33. The molecule has 0 saturated carbocycles. The maximum Gasteiger partial charge on any atom is 0.291 e. The average molecular weight is 374 g/mol. The first kappa shape index (κ1) is 17.1. The SMILES string of the molecule is Cc1ccc(NC(=O)c2oc3c(c2C)C2(CCC3)SCCS2)cc1C. The second-order valence-electron chi connectivity index (χ2n) is 6.91. The topological polar surface area (TPSA) is 42.2 Å². The van der Waals surface area contributed by atoms with Crippen molar-refractivity contribution in [3.8, 4) is 0 Å². The van der Waals surface area contributed by atoms with Gasteiger partial charge in [0.2, 0.25) is 0 Å². The number of rotatable bonds is 2. The third-order valence-corrected chi connectivity index (χ3v) is 8.77. The van der Waals surface area contributed by atoms with E-state index in [0.717, 1.165) is 29.9 Å². The van der Waals surface area contributed by atoms with Crippen molar-refractivity contribution in [1.29, 1.82) is 0 Å². The number of fused-ring (bicyclic) bond motifs is 2. The summed E-state index contributed by atoms with van der Waals surface area (Å²) >= 11 is 4.05. The molecule has 2 aromatic rings. The second kappa shape index (κ2) is 6.44. The van der Waals surface area contributed by atoms with Crippen LogP contribution in [0.5, 0.6) is 0 Å². The van der Waals surface area contributed by atoms with Gasteiger partial charge in [-0.3, -0.25) is 4.79 Å². The lowest BCUT2D eigenvalue weighted by atomic mass is 9.94. The number of benzene rings is 1. The summed E-state index contributed by atoms with van der Waals surface area (Å²) in [7, 11) is 0. The van der Waals surface area contributed by atoms with Gasteiger partial charge in [-0.05, 0) is 56.9 Å². The smallest absolute Gasteiger partial charge is 0.291 e. The Labute approximate surface area is 157 Å². The van der Waals surface area contributed by atoms with Gasteiger partial charge in [0.25, 0.3) is 5.91 Å². The zero-order chi connectivity index (χ0) is 17.6. The monoisotopic (exact) mass is 373 g/mol. The Kier molecular flexibility index (Phi) is 4.40. The molecule has 0 bridgehead atoms. The van der Waals surface area contributed by atoms with Crippen molar-refractivity contribution in [3.05, 3.63) is 52.0 Å². The molecule has 5 heteroatoms. The Balaban J connectivity index is 1.66. The molecule has 1 aliphatic carbocycles.